The summed E-state index contributed by atoms with van der Waals surface area (Å²) in [6, 6.07) is 11.0. The van der Waals surface area contributed by atoms with Crippen LogP contribution in [0.1, 0.15) is 47.7 Å². The Labute approximate surface area is 149 Å². The van der Waals surface area contributed by atoms with E-state index in [1.807, 2.05) is 18.5 Å². The number of hydrogen-bond donors (Lipinski definition) is 1. The number of aryl methyl sites for hydroxylation is 1. The lowest BCUT2D eigenvalue weighted by Gasteiger charge is -2.49. The van der Waals surface area contributed by atoms with E-state index in [4.69, 9.17) is 0 Å². The van der Waals surface area contributed by atoms with E-state index < -0.39 is 0 Å². The maximum atomic E-state index is 12.7. The first-order chi connectivity index (χ1) is 12.1. The summed E-state index contributed by atoms with van der Waals surface area (Å²) in [5, 5.41) is 7.84. The van der Waals surface area contributed by atoms with Gasteiger partial charge in [-0.15, -0.1) is 0 Å². The van der Waals surface area contributed by atoms with E-state index in [-0.39, 0.29) is 11.9 Å². The summed E-state index contributed by atoms with van der Waals surface area (Å²) in [4.78, 5) is 12.7. The molecule has 4 heteroatoms. The fourth-order valence-corrected chi connectivity index (χ4v) is 4.93. The van der Waals surface area contributed by atoms with Crippen LogP contribution in [-0.2, 0) is 11.3 Å². The van der Waals surface area contributed by atoms with E-state index in [0.29, 0.717) is 18.4 Å². The second kappa shape index (κ2) is 6.32. The van der Waals surface area contributed by atoms with Crippen LogP contribution in [0.2, 0.25) is 0 Å². The Hall–Kier alpha value is -2.10. The molecule has 1 aromatic carbocycles. The highest BCUT2D eigenvalue weighted by molar-refractivity contribution is 5.76. The molecule has 1 amide bonds. The molecule has 2 aromatic rings. The highest BCUT2D eigenvalue weighted by Crippen LogP contribution is 2.55. The standard InChI is InChI=1S/C21H27N3O/c1-13-14(2)23-24(15(13)3)12-19(25)22-21-18-11-7-10-17(18)20(21)16-8-5-4-6-9-16/h4-6,8-9,17-18,20-21H,7,10-12H2,1-3H3,(H,22,25)/t17-,18+,20+,21+/m0/s1. The second-order valence-corrected chi connectivity index (χ2v) is 7.74. The van der Waals surface area contributed by atoms with Crippen molar-refractivity contribution < 1.29 is 4.79 Å². The van der Waals surface area contributed by atoms with E-state index >= 15 is 0 Å². The third-order valence-corrected chi connectivity index (χ3v) is 6.48. The molecular weight excluding hydrogens is 310 g/mol. The fraction of sp³-hybridized carbons (Fsp3) is 0.524. The number of nitrogens with one attached hydrogen (secondary N) is 1. The quantitative estimate of drug-likeness (QED) is 0.928. The van der Waals surface area contributed by atoms with Crippen LogP contribution in [0.15, 0.2) is 30.3 Å². The third-order valence-electron chi connectivity index (χ3n) is 6.48. The molecule has 25 heavy (non-hydrogen) atoms. The van der Waals surface area contributed by atoms with Crippen molar-refractivity contribution in [2.45, 2.75) is 58.5 Å². The lowest BCUT2D eigenvalue weighted by atomic mass is 9.60. The summed E-state index contributed by atoms with van der Waals surface area (Å²) in [7, 11) is 0. The smallest absolute Gasteiger partial charge is 0.241 e. The van der Waals surface area contributed by atoms with Crippen molar-refractivity contribution in [1.82, 2.24) is 15.1 Å². The number of aromatic nitrogens is 2. The zero-order valence-electron chi connectivity index (χ0n) is 15.3. The van der Waals surface area contributed by atoms with Crippen LogP contribution in [-0.4, -0.2) is 21.7 Å². The van der Waals surface area contributed by atoms with Crippen LogP contribution in [0.4, 0.5) is 0 Å². The summed E-state index contributed by atoms with van der Waals surface area (Å²) in [6.07, 6.45) is 3.84. The number of fused-ring (bicyclic) bond motifs is 1. The molecule has 2 aliphatic carbocycles. The molecule has 2 fully saturated rings. The molecule has 0 spiro atoms. The highest BCUT2D eigenvalue weighted by atomic mass is 16.2. The summed E-state index contributed by atoms with van der Waals surface area (Å²) in [5.74, 6) is 1.95. The molecule has 1 N–H and O–H groups in total. The van der Waals surface area contributed by atoms with Crippen LogP contribution in [0.25, 0.3) is 0 Å². The maximum absolute atomic E-state index is 12.7. The van der Waals surface area contributed by atoms with Crippen molar-refractivity contribution in [3.63, 3.8) is 0 Å². The van der Waals surface area contributed by atoms with E-state index in [1.165, 1.54) is 30.4 Å². The Balaban J connectivity index is 1.48. The van der Waals surface area contributed by atoms with Crippen molar-refractivity contribution in [2.75, 3.05) is 0 Å². The molecule has 1 heterocycles. The van der Waals surface area contributed by atoms with Gasteiger partial charge in [0.05, 0.1) is 5.69 Å². The van der Waals surface area contributed by atoms with Crippen molar-refractivity contribution in [3.8, 4) is 0 Å². The van der Waals surface area contributed by atoms with Crippen molar-refractivity contribution in [2.24, 2.45) is 11.8 Å². The van der Waals surface area contributed by atoms with Gasteiger partial charge in [-0.3, -0.25) is 9.48 Å². The van der Waals surface area contributed by atoms with Gasteiger partial charge in [0.1, 0.15) is 6.54 Å². The number of carbonyl (C=O) groups is 1. The molecule has 0 saturated heterocycles. The summed E-state index contributed by atoms with van der Waals surface area (Å²) < 4.78 is 1.84. The molecule has 2 aliphatic rings. The minimum Gasteiger partial charge on any atom is -0.351 e. The maximum Gasteiger partial charge on any atom is 0.241 e. The Morgan fingerprint density at radius 2 is 1.88 bits per heavy atom. The number of carbonyl (C=O) groups excluding carboxylic acids is 1. The predicted molar refractivity (Wildman–Crippen MR) is 98.4 cm³/mol. The molecule has 4 rings (SSSR count). The van der Waals surface area contributed by atoms with Crippen molar-refractivity contribution in [3.05, 3.63) is 52.8 Å². The fourth-order valence-electron chi connectivity index (χ4n) is 4.93. The zero-order valence-corrected chi connectivity index (χ0v) is 15.3. The van der Waals surface area contributed by atoms with Crippen LogP contribution < -0.4 is 5.32 Å². The van der Waals surface area contributed by atoms with E-state index in [0.717, 1.165) is 17.3 Å². The first kappa shape index (κ1) is 16.4. The molecule has 2 saturated carbocycles. The number of benzene rings is 1. The Morgan fingerprint density at radius 3 is 2.56 bits per heavy atom. The molecule has 132 valence electrons. The van der Waals surface area contributed by atoms with Gasteiger partial charge in [0.15, 0.2) is 0 Å². The molecule has 0 unspecified atom stereocenters. The van der Waals surface area contributed by atoms with E-state index in [2.05, 4.69) is 47.7 Å². The average Bonchev–Trinajstić information content (AvgIpc) is 3.11. The lowest BCUT2D eigenvalue weighted by molar-refractivity contribution is -0.124. The van der Waals surface area contributed by atoms with E-state index in [9.17, 15) is 4.79 Å². The normalized spacial score (nSPS) is 27.6. The van der Waals surface area contributed by atoms with Gasteiger partial charge in [-0.05, 0) is 56.6 Å². The highest BCUT2D eigenvalue weighted by Gasteiger charge is 2.53. The van der Waals surface area contributed by atoms with Gasteiger partial charge in [-0.25, -0.2) is 0 Å². The van der Waals surface area contributed by atoms with Crippen LogP contribution in [0.3, 0.4) is 0 Å². The van der Waals surface area contributed by atoms with Gasteiger partial charge in [0.2, 0.25) is 5.91 Å². The average molecular weight is 337 g/mol. The minimum absolute atomic E-state index is 0.0851. The third kappa shape index (κ3) is 2.78. The Kier molecular flexibility index (Phi) is 4.14. The molecule has 0 bridgehead atoms. The first-order valence-corrected chi connectivity index (χ1v) is 9.41. The van der Waals surface area contributed by atoms with Crippen molar-refractivity contribution >= 4 is 5.91 Å². The molecule has 4 nitrogen and oxygen atoms in total. The van der Waals surface area contributed by atoms with Gasteiger partial charge in [-0.2, -0.15) is 5.10 Å². The second-order valence-electron chi connectivity index (χ2n) is 7.74. The Morgan fingerprint density at radius 1 is 1.16 bits per heavy atom. The van der Waals surface area contributed by atoms with Gasteiger partial charge >= 0.3 is 0 Å². The first-order valence-electron chi connectivity index (χ1n) is 9.41. The molecule has 1 aromatic heterocycles. The summed E-state index contributed by atoms with van der Waals surface area (Å²) in [6.45, 7) is 6.41. The molecule has 0 aliphatic heterocycles. The van der Waals surface area contributed by atoms with Gasteiger partial charge < -0.3 is 5.32 Å². The van der Waals surface area contributed by atoms with Crippen molar-refractivity contribution in [1.29, 1.82) is 0 Å². The monoisotopic (exact) mass is 337 g/mol. The molecule has 0 radical (unpaired) electrons. The van der Waals surface area contributed by atoms with Gasteiger partial charge in [0.25, 0.3) is 0 Å². The topological polar surface area (TPSA) is 46.9 Å². The Bertz CT molecular complexity index is 780. The minimum atomic E-state index is 0.0851. The summed E-state index contributed by atoms with van der Waals surface area (Å²) in [5.41, 5.74) is 4.64. The van der Waals surface area contributed by atoms with Crippen LogP contribution >= 0.6 is 0 Å². The van der Waals surface area contributed by atoms with E-state index in [1.54, 1.807) is 0 Å². The number of nitrogens with zero attached hydrogens (tertiary/aromatic N) is 2. The molecule has 4 atom stereocenters. The number of rotatable bonds is 4. The van der Waals surface area contributed by atoms with Crippen LogP contribution in [0.5, 0.6) is 0 Å². The largest absolute Gasteiger partial charge is 0.351 e. The van der Waals surface area contributed by atoms with Gasteiger partial charge in [0, 0.05) is 17.7 Å². The SMILES string of the molecule is Cc1nn(CC(=O)N[C@@H]2[C@@H]3CCC[C@@H]3[C@H]2c2ccccc2)c(C)c1C. The number of hydrogen-bond acceptors (Lipinski definition) is 2. The zero-order chi connectivity index (χ0) is 17.6. The number of amides is 1. The van der Waals surface area contributed by atoms with Gasteiger partial charge in [-0.1, -0.05) is 36.8 Å². The summed E-state index contributed by atoms with van der Waals surface area (Å²) >= 11 is 0. The predicted octanol–water partition coefficient (Wildman–Crippen LogP) is 3.51. The lowest BCUT2D eigenvalue weighted by Crippen LogP contribution is -2.57. The van der Waals surface area contributed by atoms with Crippen LogP contribution in [0, 0.1) is 32.6 Å². The molecular formula is C21H27N3O.